The van der Waals surface area contributed by atoms with E-state index in [1.54, 1.807) is 0 Å². The van der Waals surface area contributed by atoms with Crippen LogP contribution in [0.15, 0.2) is 12.1 Å². The number of benzene rings is 1. The molecule has 0 atom stereocenters. The lowest BCUT2D eigenvalue weighted by Gasteiger charge is -2.17. The van der Waals surface area contributed by atoms with Crippen molar-refractivity contribution < 1.29 is 19.4 Å². The maximum absolute atomic E-state index is 11.5. The van der Waals surface area contributed by atoms with Crippen LogP contribution in [0.25, 0.3) is 0 Å². The molecule has 2 N–H and O–H groups in total. The molecule has 2 rings (SSSR count). The molecule has 0 aliphatic carbocycles. The highest BCUT2D eigenvalue weighted by Crippen LogP contribution is 2.34. The highest BCUT2D eigenvalue weighted by molar-refractivity contribution is 6.34. The molecule has 1 saturated heterocycles. The summed E-state index contributed by atoms with van der Waals surface area (Å²) in [6, 6.07) is 2.47. The second-order valence-electron chi connectivity index (χ2n) is 3.69. The van der Waals surface area contributed by atoms with Gasteiger partial charge in [-0.15, -0.1) is 0 Å². The van der Waals surface area contributed by atoms with E-state index in [0.717, 1.165) is 0 Å². The highest BCUT2D eigenvalue weighted by atomic mass is 35.5. The number of hydrogen-bond donors (Lipinski definition) is 2. The normalized spacial score (nSPS) is 14.6. The molecule has 7 heteroatoms. The van der Waals surface area contributed by atoms with Crippen molar-refractivity contribution in [2.24, 2.45) is 0 Å². The summed E-state index contributed by atoms with van der Waals surface area (Å²) in [6.07, 6.45) is 0. The molecule has 0 spiro atoms. The fourth-order valence-corrected chi connectivity index (χ4v) is 2.05. The Morgan fingerprint density at radius 3 is 2.78 bits per heavy atom. The number of carbonyl (C=O) groups is 2. The van der Waals surface area contributed by atoms with E-state index in [9.17, 15) is 9.59 Å². The number of nitrogens with one attached hydrogen (secondary N) is 1. The zero-order chi connectivity index (χ0) is 13.3. The molecule has 18 heavy (non-hydrogen) atoms. The summed E-state index contributed by atoms with van der Waals surface area (Å²) in [4.78, 5) is 24.0. The number of aromatic carboxylic acids is 1. The van der Waals surface area contributed by atoms with Crippen LogP contribution >= 0.6 is 11.6 Å². The first kappa shape index (κ1) is 12.5. The molecule has 1 aliphatic heterocycles. The van der Waals surface area contributed by atoms with Crippen molar-refractivity contribution in [2.45, 2.75) is 0 Å². The monoisotopic (exact) mass is 270 g/mol. The van der Waals surface area contributed by atoms with Gasteiger partial charge in [0.2, 0.25) is 0 Å². The molecule has 0 bridgehead atoms. The zero-order valence-corrected chi connectivity index (χ0v) is 10.3. The fourth-order valence-electron chi connectivity index (χ4n) is 1.79. The van der Waals surface area contributed by atoms with E-state index < -0.39 is 5.97 Å². The smallest absolute Gasteiger partial charge is 0.339 e. The van der Waals surface area contributed by atoms with Gasteiger partial charge in [0.1, 0.15) is 11.3 Å². The SMILES string of the molecule is COc1cc(N2CCNC2=O)c(Cl)cc1C(=O)O. The van der Waals surface area contributed by atoms with Gasteiger partial charge in [-0.25, -0.2) is 9.59 Å². The Kier molecular flexibility index (Phi) is 3.29. The lowest BCUT2D eigenvalue weighted by molar-refractivity contribution is 0.0693. The number of carboxylic acid groups (broad SMARTS) is 1. The summed E-state index contributed by atoms with van der Waals surface area (Å²) in [5, 5.41) is 11.8. The van der Waals surface area contributed by atoms with E-state index in [-0.39, 0.29) is 22.4 Å². The van der Waals surface area contributed by atoms with Crippen LogP contribution in [-0.4, -0.2) is 37.3 Å². The Morgan fingerprint density at radius 1 is 1.56 bits per heavy atom. The number of halogens is 1. The largest absolute Gasteiger partial charge is 0.496 e. The molecule has 1 aromatic carbocycles. The average molecular weight is 271 g/mol. The molecule has 0 aromatic heterocycles. The lowest BCUT2D eigenvalue weighted by Crippen LogP contribution is -2.28. The van der Waals surface area contributed by atoms with E-state index in [1.807, 2.05) is 0 Å². The van der Waals surface area contributed by atoms with Gasteiger partial charge < -0.3 is 15.2 Å². The van der Waals surface area contributed by atoms with Crippen molar-refractivity contribution in [2.75, 3.05) is 25.1 Å². The van der Waals surface area contributed by atoms with Crippen molar-refractivity contribution in [1.82, 2.24) is 5.32 Å². The Labute approximate surface area is 108 Å². The first-order chi connectivity index (χ1) is 8.54. The van der Waals surface area contributed by atoms with Gasteiger partial charge in [-0.2, -0.15) is 0 Å². The van der Waals surface area contributed by atoms with Crippen LogP contribution < -0.4 is 15.0 Å². The molecular weight excluding hydrogens is 260 g/mol. The Hall–Kier alpha value is -1.95. The Bertz CT molecular complexity index is 518. The van der Waals surface area contributed by atoms with Crippen LogP contribution in [0.3, 0.4) is 0 Å². The van der Waals surface area contributed by atoms with Crippen molar-refractivity contribution in [3.63, 3.8) is 0 Å². The van der Waals surface area contributed by atoms with Crippen LogP contribution in [0.2, 0.25) is 5.02 Å². The minimum atomic E-state index is -1.13. The number of urea groups is 1. The molecule has 1 heterocycles. The quantitative estimate of drug-likeness (QED) is 0.874. The van der Waals surface area contributed by atoms with Gasteiger partial charge in [0.15, 0.2) is 0 Å². The van der Waals surface area contributed by atoms with E-state index in [0.29, 0.717) is 18.8 Å². The molecule has 0 saturated carbocycles. The Morgan fingerprint density at radius 2 is 2.28 bits per heavy atom. The lowest BCUT2D eigenvalue weighted by atomic mass is 10.1. The number of ether oxygens (including phenoxy) is 1. The molecule has 0 unspecified atom stereocenters. The van der Waals surface area contributed by atoms with Gasteiger partial charge in [-0.1, -0.05) is 11.6 Å². The highest BCUT2D eigenvalue weighted by Gasteiger charge is 2.25. The third-order valence-corrected chi connectivity index (χ3v) is 2.95. The van der Waals surface area contributed by atoms with Crippen LogP contribution in [0.4, 0.5) is 10.5 Å². The number of rotatable bonds is 3. The fraction of sp³-hybridized carbons (Fsp3) is 0.273. The molecule has 2 amide bonds. The maximum Gasteiger partial charge on any atom is 0.339 e. The van der Waals surface area contributed by atoms with Crippen molar-refractivity contribution in [1.29, 1.82) is 0 Å². The third-order valence-electron chi connectivity index (χ3n) is 2.65. The third kappa shape index (κ3) is 2.06. The summed E-state index contributed by atoms with van der Waals surface area (Å²) in [6.45, 7) is 1.01. The summed E-state index contributed by atoms with van der Waals surface area (Å²) in [7, 11) is 1.36. The number of amides is 2. The molecule has 96 valence electrons. The first-order valence-corrected chi connectivity index (χ1v) is 5.58. The van der Waals surface area contributed by atoms with Gasteiger partial charge in [-0.05, 0) is 6.07 Å². The predicted molar refractivity (Wildman–Crippen MR) is 65.7 cm³/mol. The molecule has 6 nitrogen and oxygen atoms in total. The van der Waals surface area contributed by atoms with Crippen molar-refractivity contribution >= 4 is 29.3 Å². The zero-order valence-electron chi connectivity index (χ0n) is 9.57. The van der Waals surface area contributed by atoms with E-state index in [1.165, 1.54) is 24.1 Å². The summed E-state index contributed by atoms with van der Waals surface area (Å²) in [5.41, 5.74) is 0.402. The minimum absolute atomic E-state index is 0.0362. The second-order valence-corrected chi connectivity index (χ2v) is 4.10. The molecule has 1 aliphatic rings. The van der Waals surface area contributed by atoms with Gasteiger partial charge in [0.05, 0.1) is 17.8 Å². The summed E-state index contributed by atoms with van der Waals surface area (Å²) in [5.74, 6) is -0.965. The van der Waals surface area contributed by atoms with E-state index in [2.05, 4.69) is 5.32 Å². The Balaban J connectivity index is 2.49. The first-order valence-electron chi connectivity index (χ1n) is 5.20. The van der Waals surface area contributed by atoms with Gasteiger partial charge in [0.25, 0.3) is 0 Å². The number of carbonyl (C=O) groups excluding carboxylic acids is 1. The van der Waals surface area contributed by atoms with Crippen LogP contribution in [0.5, 0.6) is 5.75 Å². The van der Waals surface area contributed by atoms with Crippen molar-refractivity contribution in [3.05, 3.63) is 22.7 Å². The van der Waals surface area contributed by atoms with Crippen LogP contribution in [0, 0.1) is 0 Å². The molecule has 0 radical (unpaired) electrons. The van der Waals surface area contributed by atoms with E-state index in [4.69, 9.17) is 21.4 Å². The number of anilines is 1. The minimum Gasteiger partial charge on any atom is -0.496 e. The average Bonchev–Trinajstić information content (AvgIpc) is 2.75. The number of carboxylic acids is 1. The molecular formula is C11H11ClN2O4. The van der Waals surface area contributed by atoms with Gasteiger partial charge in [0, 0.05) is 19.2 Å². The summed E-state index contributed by atoms with van der Waals surface area (Å²) >= 11 is 6.01. The van der Waals surface area contributed by atoms with Crippen LogP contribution in [-0.2, 0) is 0 Å². The van der Waals surface area contributed by atoms with Gasteiger partial charge in [-0.3, -0.25) is 4.90 Å². The van der Waals surface area contributed by atoms with Crippen LogP contribution in [0.1, 0.15) is 10.4 Å². The van der Waals surface area contributed by atoms with Gasteiger partial charge >= 0.3 is 12.0 Å². The standard InChI is InChI=1S/C11H11ClN2O4/c1-18-9-5-8(14-3-2-13-11(14)17)7(12)4-6(9)10(15)16/h4-5H,2-3H2,1H3,(H,13,17)(H,15,16). The second kappa shape index (κ2) is 4.73. The maximum atomic E-state index is 11.5. The summed E-state index contributed by atoms with van der Waals surface area (Å²) < 4.78 is 5.00. The number of nitrogens with zero attached hydrogens (tertiary/aromatic N) is 1. The molecule has 1 aromatic rings. The van der Waals surface area contributed by atoms with E-state index >= 15 is 0 Å². The van der Waals surface area contributed by atoms with Crippen molar-refractivity contribution in [3.8, 4) is 5.75 Å². The molecule has 1 fully saturated rings. The topological polar surface area (TPSA) is 78.9 Å². The number of hydrogen-bond acceptors (Lipinski definition) is 3. The number of methoxy groups -OCH3 is 1. The predicted octanol–water partition coefficient (Wildman–Crippen LogP) is 1.58.